The van der Waals surface area contributed by atoms with Gasteiger partial charge in [-0.2, -0.15) is 0 Å². The smallest absolute Gasteiger partial charge is 0.0963 e. The third-order valence-electron chi connectivity index (χ3n) is 3.07. The summed E-state index contributed by atoms with van der Waals surface area (Å²) in [6, 6.07) is 4.04. The molecule has 0 saturated heterocycles. The molecule has 3 rings (SSSR count). The highest BCUT2D eigenvalue weighted by atomic mass is 35.5. The van der Waals surface area contributed by atoms with Crippen molar-refractivity contribution in [1.29, 1.82) is 0 Å². The Balaban J connectivity index is 0.00000120. The minimum Gasteiger partial charge on any atom is -0.372 e. The summed E-state index contributed by atoms with van der Waals surface area (Å²) < 4.78 is 5.74. The Hall–Kier alpha value is -0.940. The van der Waals surface area contributed by atoms with Crippen LogP contribution in [0.5, 0.6) is 0 Å². The van der Waals surface area contributed by atoms with Gasteiger partial charge in [-0.05, 0) is 11.4 Å². The quantitative estimate of drug-likeness (QED) is 0.921. The fourth-order valence-electron chi connectivity index (χ4n) is 2.26. The molecule has 2 N–H and O–H groups in total. The highest BCUT2D eigenvalue weighted by Gasteiger charge is 2.25. The summed E-state index contributed by atoms with van der Waals surface area (Å²) in [5.41, 5.74) is 9.44. The number of rotatable bonds is 2. The van der Waals surface area contributed by atoms with E-state index in [0.717, 1.165) is 18.6 Å². The lowest BCUT2D eigenvalue weighted by Gasteiger charge is -2.23. The Kier molecular flexibility index (Phi) is 4.35. The zero-order valence-electron chi connectivity index (χ0n) is 9.83. The van der Waals surface area contributed by atoms with Crippen LogP contribution in [0.25, 0.3) is 11.1 Å². The molecule has 1 unspecified atom stereocenters. The van der Waals surface area contributed by atoms with Crippen LogP contribution >= 0.6 is 23.7 Å². The molecule has 0 fully saturated rings. The molecule has 0 bridgehead atoms. The summed E-state index contributed by atoms with van der Waals surface area (Å²) in [6.07, 6.45) is 4.72. The Morgan fingerprint density at radius 1 is 1.50 bits per heavy atom. The third kappa shape index (κ3) is 2.29. The van der Waals surface area contributed by atoms with Crippen LogP contribution in [0.1, 0.15) is 16.5 Å². The number of pyridine rings is 1. The second-order valence-corrected chi connectivity index (χ2v) is 5.04. The lowest BCUT2D eigenvalue weighted by molar-refractivity contribution is 0.0502. The molecule has 0 amide bonds. The van der Waals surface area contributed by atoms with E-state index in [-0.39, 0.29) is 18.5 Å². The van der Waals surface area contributed by atoms with E-state index in [9.17, 15) is 0 Å². The van der Waals surface area contributed by atoms with Crippen LogP contribution in [-0.4, -0.2) is 18.1 Å². The van der Waals surface area contributed by atoms with E-state index in [1.807, 2.05) is 12.3 Å². The number of nitrogens with two attached hydrogens (primary N) is 1. The molecular weight excluding hydrogens is 268 g/mol. The number of hydrogen-bond donors (Lipinski definition) is 1. The van der Waals surface area contributed by atoms with Crippen LogP contribution in [0.15, 0.2) is 29.9 Å². The number of halogens is 1. The summed E-state index contributed by atoms with van der Waals surface area (Å²) in [6.45, 7) is 1.32. The molecule has 96 valence electrons. The first-order chi connectivity index (χ1) is 8.40. The molecule has 3 nitrogen and oxygen atoms in total. The Labute approximate surface area is 116 Å². The van der Waals surface area contributed by atoms with E-state index in [1.54, 1.807) is 17.5 Å². The topological polar surface area (TPSA) is 48.1 Å². The third-order valence-corrected chi connectivity index (χ3v) is 4.13. The van der Waals surface area contributed by atoms with E-state index in [0.29, 0.717) is 6.54 Å². The van der Waals surface area contributed by atoms with Crippen molar-refractivity contribution in [3.8, 4) is 11.1 Å². The molecular formula is C13H15ClN2OS. The lowest BCUT2D eigenvalue weighted by Crippen LogP contribution is -2.22. The van der Waals surface area contributed by atoms with E-state index in [1.165, 1.54) is 16.0 Å². The zero-order chi connectivity index (χ0) is 11.7. The standard InChI is InChI=1S/C13H14N2OS.ClH/c14-6-11-13-10(9-2-1-4-15-7-9)8-17-12(13)3-5-16-11;/h1-2,4,7-8,11H,3,5-6,14H2;1H. The number of thiophene rings is 1. The van der Waals surface area contributed by atoms with Crippen molar-refractivity contribution in [1.82, 2.24) is 4.98 Å². The predicted octanol–water partition coefficient (Wildman–Crippen LogP) is 2.80. The van der Waals surface area contributed by atoms with E-state index < -0.39 is 0 Å². The van der Waals surface area contributed by atoms with Crippen LogP contribution in [0, 0.1) is 0 Å². The van der Waals surface area contributed by atoms with E-state index >= 15 is 0 Å². The minimum atomic E-state index is 0. The Morgan fingerprint density at radius 2 is 2.39 bits per heavy atom. The summed E-state index contributed by atoms with van der Waals surface area (Å²) in [5, 5.41) is 2.19. The predicted molar refractivity (Wildman–Crippen MR) is 76.2 cm³/mol. The van der Waals surface area contributed by atoms with Gasteiger partial charge in [-0.25, -0.2) is 0 Å². The molecule has 18 heavy (non-hydrogen) atoms. The maximum Gasteiger partial charge on any atom is 0.0963 e. The number of nitrogens with zero attached hydrogens (tertiary/aromatic N) is 1. The Morgan fingerprint density at radius 3 is 3.11 bits per heavy atom. The van der Waals surface area contributed by atoms with Gasteiger partial charge in [0, 0.05) is 46.9 Å². The average Bonchev–Trinajstić information content (AvgIpc) is 2.83. The number of aromatic nitrogens is 1. The van der Waals surface area contributed by atoms with Crippen LogP contribution in [0.4, 0.5) is 0 Å². The molecule has 0 aromatic carbocycles. The monoisotopic (exact) mass is 282 g/mol. The molecule has 0 radical (unpaired) electrons. The molecule has 0 spiro atoms. The van der Waals surface area contributed by atoms with Crippen molar-refractivity contribution in [3.63, 3.8) is 0 Å². The molecule has 2 aromatic heterocycles. The van der Waals surface area contributed by atoms with Gasteiger partial charge in [-0.3, -0.25) is 4.98 Å². The molecule has 1 aliphatic heterocycles. The molecule has 3 heterocycles. The van der Waals surface area contributed by atoms with Crippen molar-refractivity contribution in [3.05, 3.63) is 40.3 Å². The maximum atomic E-state index is 5.79. The summed E-state index contributed by atoms with van der Waals surface area (Å²) >= 11 is 1.80. The van der Waals surface area contributed by atoms with Gasteiger partial charge >= 0.3 is 0 Å². The van der Waals surface area contributed by atoms with Crippen LogP contribution in [0.2, 0.25) is 0 Å². The SMILES string of the molecule is Cl.NCC1OCCc2scc(-c3cccnc3)c21. The summed E-state index contributed by atoms with van der Waals surface area (Å²) in [7, 11) is 0. The van der Waals surface area contributed by atoms with Crippen LogP contribution in [-0.2, 0) is 11.2 Å². The van der Waals surface area contributed by atoms with E-state index in [2.05, 4.69) is 16.4 Å². The molecule has 0 saturated carbocycles. The summed E-state index contributed by atoms with van der Waals surface area (Å²) in [5.74, 6) is 0. The first-order valence-electron chi connectivity index (χ1n) is 5.72. The minimum absolute atomic E-state index is 0. The van der Waals surface area contributed by atoms with Gasteiger partial charge in [-0.15, -0.1) is 23.7 Å². The largest absolute Gasteiger partial charge is 0.372 e. The van der Waals surface area contributed by atoms with Crippen molar-refractivity contribution in [2.45, 2.75) is 12.5 Å². The van der Waals surface area contributed by atoms with Gasteiger partial charge in [0.1, 0.15) is 0 Å². The van der Waals surface area contributed by atoms with Crippen LogP contribution < -0.4 is 5.73 Å². The average molecular weight is 283 g/mol. The molecule has 5 heteroatoms. The second kappa shape index (κ2) is 5.80. The second-order valence-electron chi connectivity index (χ2n) is 4.07. The zero-order valence-corrected chi connectivity index (χ0v) is 11.5. The van der Waals surface area contributed by atoms with Crippen molar-refractivity contribution in [2.75, 3.05) is 13.2 Å². The van der Waals surface area contributed by atoms with E-state index in [4.69, 9.17) is 10.5 Å². The van der Waals surface area contributed by atoms with Gasteiger partial charge in [0.2, 0.25) is 0 Å². The maximum absolute atomic E-state index is 5.79. The Bertz CT molecular complexity index is 515. The van der Waals surface area contributed by atoms with Gasteiger partial charge in [0.25, 0.3) is 0 Å². The van der Waals surface area contributed by atoms with Gasteiger partial charge < -0.3 is 10.5 Å². The summed E-state index contributed by atoms with van der Waals surface area (Å²) in [4.78, 5) is 5.58. The first-order valence-corrected chi connectivity index (χ1v) is 6.60. The molecule has 1 atom stereocenters. The first kappa shape index (κ1) is 13.5. The number of hydrogen-bond acceptors (Lipinski definition) is 4. The highest BCUT2D eigenvalue weighted by molar-refractivity contribution is 7.10. The van der Waals surface area contributed by atoms with Crippen LogP contribution in [0.3, 0.4) is 0 Å². The molecule has 0 aliphatic carbocycles. The van der Waals surface area contributed by atoms with Gasteiger partial charge in [0.15, 0.2) is 0 Å². The lowest BCUT2D eigenvalue weighted by atomic mass is 9.97. The van der Waals surface area contributed by atoms with Gasteiger partial charge in [0.05, 0.1) is 12.7 Å². The molecule has 1 aliphatic rings. The van der Waals surface area contributed by atoms with Crippen molar-refractivity contribution in [2.24, 2.45) is 5.73 Å². The fraction of sp³-hybridized carbons (Fsp3) is 0.308. The normalized spacial score (nSPS) is 17.9. The number of fused-ring (bicyclic) bond motifs is 1. The fourth-order valence-corrected chi connectivity index (χ4v) is 3.36. The van der Waals surface area contributed by atoms with Crippen molar-refractivity contribution >= 4 is 23.7 Å². The van der Waals surface area contributed by atoms with Crippen molar-refractivity contribution < 1.29 is 4.74 Å². The van der Waals surface area contributed by atoms with Gasteiger partial charge in [-0.1, -0.05) is 6.07 Å². The highest BCUT2D eigenvalue weighted by Crippen LogP contribution is 2.39. The molecule has 2 aromatic rings. The number of ether oxygens (including phenoxy) is 1.